The Morgan fingerprint density at radius 3 is 2.16 bits per heavy atom. The van der Waals surface area contributed by atoms with Crippen LogP contribution in [0.15, 0.2) is 24.3 Å². The molecule has 0 amide bonds. The van der Waals surface area contributed by atoms with Crippen molar-refractivity contribution in [3.63, 3.8) is 0 Å². The van der Waals surface area contributed by atoms with Crippen molar-refractivity contribution < 1.29 is 22.7 Å². The lowest BCUT2D eigenvalue weighted by Gasteiger charge is -2.16. The molecule has 0 bridgehead atoms. The molecule has 0 saturated carbocycles. The van der Waals surface area contributed by atoms with Crippen molar-refractivity contribution in [2.24, 2.45) is 0 Å². The van der Waals surface area contributed by atoms with E-state index in [4.69, 9.17) is 0 Å². The highest BCUT2D eigenvalue weighted by molar-refractivity contribution is 5.89. The maximum absolute atomic E-state index is 12.3. The summed E-state index contributed by atoms with van der Waals surface area (Å²) in [6.07, 6.45) is -5.68. The van der Waals surface area contributed by atoms with E-state index in [9.17, 15) is 18.0 Å². The Morgan fingerprint density at radius 1 is 1.21 bits per heavy atom. The number of alkyl halides is 3. The predicted molar refractivity (Wildman–Crippen MR) is 66.1 cm³/mol. The van der Waals surface area contributed by atoms with Crippen LogP contribution in [0.3, 0.4) is 0 Å². The molecule has 0 N–H and O–H groups in total. The summed E-state index contributed by atoms with van der Waals surface area (Å²) in [5, 5.41) is 0. The molecule has 0 radical (unpaired) electrons. The molecule has 0 fully saturated rings. The zero-order chi connectivity index (χ0) is 14.6. The van der Waals surface area contributed by atoms with Crippen molar-refractivity contribution in [2.45, 2.75) is 45.4 Å². The van der Waals surface area contributed by atoms with Gasteiger partial charge >= 0.3 is 12.1 Å². The van der Waals surface area contributed by atoms with E-state index in [1.807, 2.05) is 13.8 Å². The Balaban J connectivity index is 2.73. The summed E-state index contributed by atoms with van der Waals surface area (Å²) >= 11 is 0. The van der Waals surface area contributed by atoms with E-state index >= 15 is 0 Å². The van der Waals surface area contributed by atoms with Crippen molar-refractivity contribution in [3.8, 4) is 0 Å². The molecular formula is C14H17F3O2. The molecule has 19 heavy (non-hydrogen) atoms. The minimum Gasteiger partial charge on any atom is -0.449 e. The van der Waals surface area contributed by atoms with Crippen LogP contribution in [0.4, 0.5) is 13.2 Å². The molecule has 2 unspecified atom stereocenters. The Kier molecular flexibility index (Phi) is 4.97. The number of ether oxygens (including phenoxy) is 1. The molecule has 0 aliphatic carbocycles. The average molecular weight is 274 g/mol. The first-order chi connectivity index (χ1) is 8.75. The smallest absolute Gasteiger partial charge is 0.425 e. The second-order valence-electron chi connectivity index (χ2n) is 4.52. The highest BCUT2D eigenvalue weighted by Gasteiger charge is 2.39. The van der Waals surface area contributed by atoms with Crippen LogP contribution >= 0.6 is 0 Å². The Morgan fingerprint density at radius 2 is 1.74 bits per heavy atom. The van der Waals surface area contributed by atoms with Crippen molar-refractivity contribution >= 4 is 5.97 Å². The predicted octanol–water partition coefficient (Wildman–Crippen LogP) is 4.31. The lowest BCUT2D eigenvalue weighted by molar-refractivity contribution is -0.198. The molecule has 0 aromatic heterocycles. The number of carbonyl (C=O) groups excluding carboxylic acids is 1. The van der Waals surface area contributed by atoms with Crippen molar-refractivity contribution in [1.29, 1.82) is 0 Å². The number of rotatable bonds is 4. The average Bonchev–Trinajstić information content (AvgIpc) is 2.36. The van der Waals surface area contributed by atoms with Crippen LogP contribution in [0.2, 0.25) is 0 Å². The topological polar surface area (TPSA) is 26.3 Å². The van der Waals surface area contributed by atoms with Gasteiger partial charge in [-0.05, 0) is 37.0 Å². The van der Waals surface area contributed by atoms with Crippen LogP contribution in [0, 0.1) is 0 Å². The number of halogens is 3. The van der Waals surface area contributed by atoms with E-state index in [-0.39, 0.29) is 5.56 Å². The molecule has 1 aromatic carbocycles. The van der Waals surface area contributed by atoms with Crippen LogP contribution in [0.5, 0.6) is 0 Å². The zero-order valence-electron chi connectivity index (χ0n) is 11.1. The number of benzene rings is 1. The Labute approximate surface area is 110 Å². The lowest BCUT2D eigenvalue weighted by Crippen LogP contribution is -2.30. The van der Waals surface area contributed by atoms with Crippen molar-refractivity contribution in [2.75, 3.05) is 0 Å². The van der Waals surface area contributed by atoms with Gasteiger partial charge in [0.05, 0.1) is 5.56 Å². The van der Waals surface area contributed by atoms with E-state index in [0.717, 1.165) is 18.9 Å². The number of esters is 1. The molecule has 5 heteroatoms. The lowest BCUT2D eigenvalue weighted by atomic mass is 9.98. The van der Waals surface area contributed by atoms with Gasteiger partial charge in [-0.1, -0.05) is 26.0 Å². The molecule has 1 aromatic rings. The first kappa shape index (κ1) is 15.5. The van der Waals surface area contributed by atoms with Gasteiger partial charge in [-0.2, -0.15) is 13.2 Å². The largest absolute Gasteiger partial charge is 0.449 e. The van der Waals surface area contributed by atoms with Crippen LogP contribution in [-0.4, -0.2) is 18.2 Å². The minimum absolute atomic E-state index is 0.128. The van der Waals surface area contributed by atoms with Gasteiger partial charge in [-0.15, -0.1) is 0 Å². The van der Waals surface area contributed by atoms with Crippen LogP contribution < -0.4 is 0 Å². The van der Waals surface area contributed by atoms with Crippen molar-refractivity contribution in [1.82, 2.24) is 0 Å². The van der Waals surface area contributed by atoms with E-state index in [0.29, 0.717) is 5.92 Å². The summed E-state index contributed by atoms with van der Waals surface area (Å²) in [5.74, 6) is -0.611. The monoisotopic (exact) mass is 274 g/mol. The number of hydrogen-bond acceptors (Lipinski definition) is 2. The highest BCUT2D eigenvalue weighted by atomic mass is 19.4. The van der Waals surface area contributed by atoms with Crippen molar-refractivity contribution in [3.05, 3.63) is 35.4 Å². The third-order valence-corrected chi connectivity index (χ3v) is 3.07. The Bertz CT molecular complexity index is 423. The molecule has 0 heterocycles. The second-order valence-corrected chi connectivity index (χ2v) is 4.52. The fourth-order valence-electron chi connectivity index (χ4n) is 1.48. The molecule has 0 aliphatic rings. The summed E-state index contributed by atoms with van der Waals surface area (Å²) < 4.78 is 41.2. The van der Waals surface area contributed by atoms with Crippen LogP contribution in [0.25, 0.3) is 0 Å². The standard InChI is InChI=1S/C14H17F3O2/c1-4-9(2)11-5-7-12(8-6-11)13(18)19-10(3)14(15,16)17/h5-10H,4H2,1-3H3. The second kappa shape index (κ2) is 6.08. The van der Waals surface area contributed by atoms with Gasteiger partial charge in [0, 0.05) is 0 Å². The SMILES string of the molecule is CCC(C)c1ccc(C(=O)OC(C)C(F)(F)F)cc1. The third kappa shape index (κ3) is 4.26. The molecule has 2 atom stereocenters. The van der Waals surface area contributed by atoms with Gasteiger partial charge in [0.1, 0.15) is 0 Å². The van der Waals surface area contributed by atoms with E-state index in [1.54, 1.807) is 12.1 Å². The maximum atomic E-state index is 12.3. The summed E-state index contributed by atoms with van der Waals surface area (Å²) in [4.78, 5) is 11.5. The minimum atomic E-state index is -4.54. The fraction of sp³-hybridized carbons (Fsp3) is 0.500. The maximum Gasteiger partial charge on any atom is 0.425 e. The first-order valence-corrected chi connectivity index (χ1v) is 6.13. The number of hydrogen-bond donors (Lipinski definition) is 0. The van der Waals surface area contributed by atoms with Gasteiger partial charge in [-0.25, -0.2) is 4.79 Å². The quantitative estimate of drug-likeness (QED) is 0.765. The van der Waals surface area contributed by atoms with E-state index in [2.05, 4.69) is 4.74 Å². The highest BCUT2D eigenvalue weighted by Crippen LogP contribution is 2.24. The summed E-state index contributed by atoms with van der Waals surface area (Å²) in [7, 11) is 0. The summed E-state index contributed by atoms with van der Waals surface area (Å²) in [5.41, 5.74) is 1.17. The van der Waals surface area contributed by atoms with Gasteiger partial charge in [0.25, 0.3) is 0 Å². The molecular weight excluding hydrogens is 257 g/mol. The zero-order valence-corrected chi connectivity index (χ0v) is 11.1. The molecule has 0 saturated heterocycles. The van der Waals surface area contributed by atoms with Crippen LogP contribution in [-0.2, 0) is 4.74 Å². The van der Waals surface area contributed by atoms with E-state index in [1.165, 1.54) is 12.1 Å². The summed E-state index contributed by atoms with van der Waals surface area (Å²) in [6.45, 7) is 4.89. The van der Waals surface area contributed by atoms with Gasteiger partial charge in [0.2, 0.25) is 0 Å². The van der Waals surface area contributed by atoms with Gasteiger partial charge in [-0.3, -0.25) is 0 Å². The summed E-state index contributed by atoms with van der Waals surface area (Å²) in [6, 6.07) is 6.46. The molecule has 0 spiro atoms. The molecule has 2 nitrogen and oxygen atoms in total. The molecule has 1 rings (SSSR count). The van der Waals surface area contributed by atoms with Crippen LogP contribution in [0.1, 0.15) is 49.0 Å². The Hall–Kier alpha value is -1.52. The number of carbonyl (C=O) groups is 1. The molecule has 0 aliphatic heterocycles. The normalized spacial score (nSPS) is 14.8. The molecule has 106 valence electrons. The fourth-order valence-corrected chi connectivity index (χ4v) is 1.48. The van der Waals surface area contributed by atoms with Gasteiger partial charge in [0.15, 0.2) is 6.10 Å². The first-order valence-electron chi connectivity index (χ1n) is 6.13. The van der Waals surface area contributed by atoms with Gasteiger partial charge < -0.3 is 4.74 Å². The van der Waals surface area contributed by atoms with E-state index < -0.39 is 18.2 Å². The third-order valence-electron chi connectivity index (χ3n) is 3.07.